The minimum atomic E-state index is 0.00991. The van der Waals surface area contributed by atoms with E-state index < -0.39 is 0 Å². The van der Waals surface area contributed by atoms with Crippen molar-refractivity contribution in [3.8, 4) is 11.5 Å². The molecular formula is C15H12O3. The van der Waals surface area contributed by atoms with Gasteiger partial charge in [-0.3, -0.25) is 0 Å². The Kier molecular flexibility index (Phi) is 2.08. The van der Waals surface area contributed by atoms with E-state index in [4.69, 9.17) is 14.2 Å². The van der Waals surface area contributed by atoms with Crippen LogP contribution in [0.25, 0.3) is 0 Å². The van der Waals surface area contributed by atoms with Gasteiger partial charge in [-0.15, -0.1) is 0 Å². The summed E-state index contributed by atoms with van der Waals surface area (Å²) in [5.41, 5.74) is 3.63. The Bertz CT molecular complexity index is 606. The first-order valence-electron chi connectivity index (χ1n) is 6.01. The third-order valence-electron chi connectivity index (χ3n) is 3.44. The third-order valence-corrected chi connectivity index (χ3v) is 3.44. The molecule has 0 amide bonds. The van der Waals surface area contributed by atoms with Crippen LogP contribution >= 0.6 is 0 Å². The minimum Gasteiger partial charge on any atom is -0.454 e. The molecule has 0 aliphatic carbocycles. The van der Waals surface area contributed by atoms with Crippen LogP contribution in [0.4, 0.5) is 0 Å². The Balaban J connectivity index is 1.77. The van der Waals surface area contributed by atoms with Crippen LogP contribution in [0.2, 0.25) is 0 Å². The predicted molar refractivity (Wildman–Crippen MR) is 65.6 cm³/mol. The maximum Gasteiger partial charge on any atom is 0.231 e. The van der Waals surface area contributed by atoms with E-state index in [1.807, 2.05) is 30.3 Å². The van der Waals surface area contributed by atoms with Crippen LogP contribution in [0.3, 0.4) is 0 Å². The van der Waals surface area contributed by atoms with Gasteiger partial charge in [-0.05, 0) is 28.8 Å². The van der Waals surface area contributed by atoms with E-state index >= 15 is 0 Å². The highest BCUT2D eigenvalue weighted by Crippen LogP contribution is 2.40. The van der Waals surface area contributed by atoms with Crippen molar-refractivity contribution in [2.45, 2.75) is 12.7 Å². The molecule has 3 nitrogen and oxygen atoms in total. The van der Waals surface area contributed by atoms with Gasteiger partial charge in [0.15, 0.2) is 11.5 Å². The first-order chi connectivity index (χ1) is 8.92. The molecule has 0 aromatic heterocycles. The molecule has 0 bridgehead atoms. The molecule has 4 rings (SSSR count). The van der Waals surface area contributed by atoms with Crippen LogP contribution in [0.1, 0.15) is 22.8 Å². The maximum absolute atomic E-state index is 5.87. The van der Waals surface area contributed by atoms with Gasteiger partial charge in [-0.25, -0.2) is 0 Å². The second-order valence-electron chi connectivity index (χ2n) is 4.50. The zero-order valence-corrected chi connectivity index (χ0v) is 9.76. The molecule has 0 saturated heterocycles. The molecule has 90 valence electrons. The summed E-state index contributed by atoms with van der Waals surface area (Å²) in [5.74, 6) is 1.62. The number of hydrogen-bond donors (Lipinski definition) is 0. The van der Waals surface area contributed by atoms with Gasteiger partial charge in [0.2, 0.25) is 6.79 Å². The fraction of sp³-hybridized carbons (Fsp3) is 0.200. The lowest BCUT2D eigenvalue weighted by Crippen LogP contribution is -1.98. The van der Waals surface area contributed by atoms with Gasteiger partial charge in [0.25, 0.3) is 0 Å². The Morgan fingerprint density at radius 1 is 0.944 bits per heavy atom. The van der Waals surface area contributed by atoms with Crippen molar-refractivity contribution in [2.75, 3.05) is 6.79 Å². The largest absolute Gasteiger partial charge is 0.454 e. The van der Waals surface area contributed by atoms with E-state index in [1.165, 1.54) is 11.1 Å². The van der Waals surface area contributed by atoms with Gasteiger partial charge in [-0.1, -0.05) is 30.3 Å². The standard InChI is InChI=1S/C15H12O3/c1-2-4-12-11(3-1)8-16-15(12)10-5-6-13-14(7-10)18-9-17-13/h1-7,15H,8-9H2. The summed E-state index contributed by atoms with van der Waals surface area (Å²) in [5, 5.41) is 0. The van der Waals surface area contributed by atoms with E-state index in [-0.39, 0.29) is 6.10 Å². The lowest BCUT2D eigenvalue weighted by molar-refractivity contribution is 0.0937. The minimum absolute atomic E-state index is 0.00991. The van der Waals surface area contributed by atoms with Crippen LogP contribution in [-0.2, 0) is 11.3 Å². The van der Waals surface area contributed by atoms with Crippen molar-refractivity contribution >= 4 is 0 Å². The Labute approximate surface area is 105 Å². The average Bonchev–Trinajstić information content (AvgIpc) is 3.04. The number of hydrogen-bond acceptors (Lipinski definition) is 3. The van der Waals surface area contributed by atoms with E-state index in [9.17, 15) is 0 Å². The number of benzene rings is 2. The van der Waals surface area contributed by atoms with Gasteiger partial charge < -0.3 is 14.2 Å². The van der Waals surface area contributed by atoms with Crippen LogP contribution in [-0.4, -0.2) is 6.79 Å². The molecule has 2 aromatic carbocycles. The van der Waals surface area contributed by atoms with E-state index in [0.717, 1.165) is 17.1 Å². The van der Waals surface area contributed by atoms with Crippen molar-refractivity contribution in [2.24, 2.45) is 0 Å². The summed E-state index contributed by atoms with van der Waals surface area (Å²) in [6, 6.07) is 14.3. The van der Waals surface area contributed by atoms with Crippen molar-refractivity contribution in [1.29, 1.82) is 0 Å². The lowest BCUT2D eigenvalue weighted by atomic mass is 9.99. The molecular weight excluding hydrogens is 228 g/mol. The van der Waals surface area contributed by atoms with Gasteiger partial charge in [0.1, 0.15) is 6.10 Å². The molecule has 0 spiro atoms. The summed E-state index contributed by atoms with van der Waals surface area (Å²) < 4.78 is 16.6. The number of rotatable bonds is 1. The van der Waals surface area contributed by atoms with Gasteiger partial charge in [0.05, 0.1) is 6.61 Å². The van der Waals surface area contributed by atoms with E-state index in [0.29, 0.717) is 13.4 Å². The smallest absolute Gasteiger partial charge is 0.231 e. The lowest BCUT2D eigenvalue weighted by Gasteiger charge is -2.12. The monoisotopic (exact) mass is 240 g/mol. The molecule has 0 radical (unpaired) electrons. The molecule has 2 aliphatic rings. The number of ether oxygens (including phenoxy) is 3. The highest BCUT2D eigenvalue weighted by Gasteiger charge is 2.26. The third kappa shape index (κ3) is 1.41. The summed E-state index contributed by atoms with van der Waals surface area (Å²) in [6.07, 6.45) is 0.00991. The van der Waals surface area contributed by atoms with Crippen molar-refractivity contribution in [3.63, 3.8) is 0 Å². The summed E-state index contributed by atoms with van der Waals surface area (Å²) in [4.78, 5) is 0. The van der Waals surface area contributed by atoms with Crippen molar-refractivity contribution in [1.82, 2.24) is 0 Å². The van der Waals surface area contributed by atoms with Crippen LogP contribution in [0.15, 0.2) is 42.5 Å². The predicted octanol–water partition coefficient (Wildman–Crippen LogP) is 3.03. The van der Waals surface area contributed by atoms with Crippen LogP contribution < -0.4 is 9.47 Å². The topological polar surface area (TPSA) is 27.7 Å². The quantitative estimate of drug-likeness (QED) is 0.766. The molecule has 3 heteroatoms. The maximum atomic E-state index is 5.87. The van der Waals surface area contributed by atoms with Crippen molar-refractivity contribution < 1.29 is 14.2 Å². The highest BCUT2D eigenvalue weighted by atomic mass is 16.7. The molecule has 2 aromatic rings. The van der Waals surface area contributed by atoms with Crippen molar-refractivity contribution in [3.05, 3.63) is 59.2 Å². The first kappa shape index (κ1) is 9.97. The molecule has 0 fully saturated rings. The molecule has 2 aliphatic heterocycles. The van der Waals surface area contributed by atoms with Crippen LogP contribution in [0.5, 0.6) is 11.5 Å². The normalized spacial score (nSPS) is 19.9. The molecule has 1 unspecified atom stereocenters. The molecule has 2 heterocycles. The molecule has 18 heavy (non-hydrogen) atoms. The van der Waals surface area contributed by atoms with Crippen LogP contribution in [0, 0.1) is 0 Å². The van der Waals surface area contributed by atoms with Gasteiger partial charge >= 0.3 is 0 Å². The SMILES string of the molecule is c1ccc2c(c1)COC2c1ccc2c(c1)OCO2. The second-order valence-corrected chi connectivity index (χ2v) is 4.50. The Morgan fingerprint density at radius 2 is 1.83 bits per heavy atom. The van der Waals surface area contributed by atoms with Gasteiger partial charge in [0, 0.05) is 0 Å². The summed E-state index contributed by atoms with van der Waals surface area (Å²) in [7, 11) is 0. The fourth-order valence-electron chi connectivity index (χ4n) is 2.54. The van der Waals surface area contributed by atoms with E-state index in [1.54, 1.807) is 0 Å². The Hall–Kier alpha value is -2.00. The summed E-state index contributed by atoms with van der Waals surface area (Å²) >= 11 is 0. The molecule has 0 saturated carbocycles. The van der Waals surface area contributed by atoms with Gasteiger partial charge in [-0.2, -0.15) is 0 Å². The fourth-order valence-corrected chi connectivity index (χ4v) is 2.54. The molecule has 0 N–H and O–H groups in total. The number of fused-ring (bicyclic) bond motifs is 2. The highest BCUT2D eigenvalue weighted by molar-refractivity contribution is 5.48. The molecule has 1 atom stereocenters. The Morgan fingerprint density at radius 3 is 2.83 bits per heavy atom. The van der Waals surface area contributed by atoms with E-state index in [2.05, 4.69) is 12.1 Å². The zero-order chi connectivity index (χ0) is 11.9. The summed E-state index contributed by atoms with van der Waals surface area (Å²) in [6.45, 7) is 0.982. The second kappa shape index (κ2) is 3.75. The zero-order valence-electron chi connectivity index (χ0n) is 9.76. The average molecular weight is 240 g/mol. The first-order valence-corrected chi connectivity index (χ1v) is 6.01.